The SMILES string of the molecule is CN/C=C\c1ncccc1C. The fourth-order valence-electron chi connectivity index (χ4n) is 0.835. The summed E-state index contributed by atoms with van der Waals surface area (Å²) in [5.74, 6) is 0. The summed E-state index contributed by atoms with van der Waals surface area (Å²) in [6.07, 6.45) is 5.62. The number of nitrogens with one attached hydrogen (secondary N) is 1. The molecule has 0 aliphatic heterocycles. The van der Waals surface area contributed by atoms with Gasteiger partial charge in [0.25, 0.3) is 0 Å². The molecule has 0 aliphatic rings. The highest BCUT2D eigenvalue weighted by Crippen LogP contribution is 2.03. The Bertz CT molecular complexity index is 253. The third-order valence-corrected chi connectivity index (χ3v) is 1.46. The van der Waals surface area contributed by atoms with E-state index in [2.05, 4.69) is 10.3 Å². The van der Waals surface area contributed by atoms with E-state index in [-0.39, 0.29) is 0 Å². The van der Waals surface area contributed by atoms with E-state index in [1.165, 1.54) is 5.56 Å². The molecule has 0 unspecified atom stereocenters. The lowest BCUT2D eigenvalue weighted by Gasteiger charge is -1.96. The van der Waals surface area contributed by atoms with Crippen LogP contribution < -0.4 is 5.32 Å². The second kappa shape index (κ2) is 3.76. The van der Waals surface area contributed by atoms with Gasteiger partial charge in [-0.05, 0) is 30.8 Å². The van der Waals surface area contributed by atoms with Crippen LogP contribution in [0.1, 0.15) is 11.3 Å². The van der Waals surface area contributed by atoms with Gasteiger partial charge in [0, 0.05) is 13.2 Å². The lowest BCUT2D eigenvalue weighted by Crippen LogP contribution is -1.92. The Balaban J connectivity index is 2.86. The minimum Gasteiger partial charge on any atom is -0.394 e. The van der Waals surface area contributed by atoms with Crippen molar-refractivity contribution < 1.29 is 0 Å². The standard InChI is InChI=1S/C9H12N2/c1-8-4-3-6-11-9(8)5-7-10-2/h3-7,10H,1-2H3/b7-5-. The van der Waals surface area contributed by atoms with Crippen molar-refractivity contribution >= 4 is 6.08 Å². The maximum absolute atomic E-state index is 4.19. The van der Waals surface area contributed by atoms with Crippen LogP contribution in [0.5, 0.6) is 0 Å². The maximum Gasteiger partial charge on any atom is 0.0673 e. The molecule has 0 radical (unpaired) electrons. The zero-order chi connectivity index (χ0) is 8.10. The third kappa shape index (κ3) is 2.08. The highest BCUT2D eigenvalue weighted by Gasteiger charge is 1.90. The second-order valence-corrected chi connectivity index (χ2v) is 2.33. The Morgan fingerprint density at radius 3 is 3.00 bits per heavy atom. The van der Waals surface area contributed by atoms with Crippen molar-refractivity contribution in [2.45, 2.75) is 6.92 Å². The molecule has 1 aromatic rings. The van der Waals surface area contributed by atoms with Crippen LogP contribution in [0.15, 0.2) is 24.5 Å². The molecule has 0 aliphatic carbocycles. The van der Waals surface area contributed by atoms with E-state index >= 15 is 0 Å². The lowest BCUT2D eigenvalue weighted by atomic mass is 10.2. The van der Waals surface area contributed by atoms with Crippen LogP contribution in [-0.2, 0) is 0 Å². The van der Waals surface area contributed by atoms with Crippen LogP contribution in [0.3, 0.4) is 0 Å². The molecule has 0 amide bonds. The van der Waals surface area contributed by atoms with Gasteiger partial charge in [-0.25, -0.2) is 0 Å². The first-order valence-electron chi connectivity index (χ1n) is 3.60. The first kappa shape index (κ1) is 7.79. The van der Waals surface area contributed by atoms with Gasteiger partial charge in [-0.2, -0.15) is 0 Å². The Labute approximate surface area is 67.0 Å². The van der Waals surface area contributed by atoms with Crippen molar-refractivity contribution in [2.75, 3.05) is 7.05 Å². The summed E-state index contributed by atoms with van der Waals surface area (Å²) in [5, 5.41) is 2.92. The molecule has 0 spiro atoms. The Hall–Kier alpha value is -1.31. The Morgan fingerprint density at radius 1 is 1.55 bits per heavy atom. The quantitative estimate of drug-likeness (QED) is 0.688. The molecule has 0 fully saturated rings. The highest BCUT2D eigenvalue weighted by atomic mass is 14.8. The van der Waals surface area contributed by atoms with Gasteiger partial charge in [0.15, 0.2) is 0 Å². The number of pyridine rings is 1. The van der Waals surface area contributed by atoms with Crippen LogP contribution in [0.25, 0.3) is 6.08 Å². The summed E-state index contributed by atoms with van der Waals surface area (Å²) in [5.41, 5.74) is 2.21. The number of aryl methyl sites for hydroxylation is 1. The average molecular weight is 148 g/mol. The lowest BCUT2D eigenvalue weighted by molar-refractivity contribution is 1.11. The van der Waals surface area contributed by atoms with Gasteiger partial charge >= 0.3 is 0 Å². The smallest absolute Gasteiger partial charge is 0.0673 e. The molecule has 0 aromatic carbocycles. The van der Waals surface area contributed by atoms with Crippen LogP contribution in [0.2, 0.25) is 0 Å². The predicted octanol–water partition coefficient (Wildman–Crippen LogP) is 1.58. The van der Waals surface area contributed by atoms with Gasteiger partial charge in [-0.15, -0.1) is 0 Å². The van der Waals surface area contributed by atoms with Gasteiger partial charge in [-0.1, -0.05) is 6.07 Å². The highest BCUT2D eigenvalue weighted by molar-refractivity contribution is 5.47. The predicted molar refractivity (Wildman–Crippen MR) is 47.1 cm³/mol. The number of rotatable bonds is 2. The van der Waals surface area contributed by atoms with E-state index in [0.717, 1.165) is 5.69 Å². The summed E-state index contributed by atoms with van der Waals surface area (Å²) in [4.78, 5) is 4.19. The Morgan fingerprint density at radius 2 is 2.36 bits per heavy atom. The number of nitrogens with zero attached hydrogens (tertiary/aromatic N) is 1. The van der Waals surface area contributed by atoms with Crippen molar-refractivity contribution in [3.8, 4) is 0 Å². The molecule has 0 saturated heterocycles. The molecule has 58 valence electrons. The molecule has 1 N–H and O–H groups in total. The van der Waals surface area contributed by atoms with Gasteiger partial charge < -0.3 is 5.32 Å². The van der Waals surface area contributed by atoms with Gasteiger partial charge in [-0.3, -0.25) is 4.98 Å². The first-order valence-corrected chi connectivity index (χ1v) is 3.60. The van der Waals surface area contributed by atoms with Crippen LogP contribution in [0, 0.1) is 6.92 Å². The van der Waals surface area contributed by atoms with E-state index in [0.29, 0.717) is 0 Å². The Kier molecular flexibility index (Phi) is 2.66. The molecular weight excluding hydrogens is 136 g/mol. The molecule has 0 atom stereocenters. The van der Waals surface area contributed by atoms with Gasteiger partial charge in [0.1, 0.15) is 0 Å². The fourth-order valence-corrected chi connectivity index (χ4v) is 0.835. The molecule has 1 aromatic heterocycles. The minimum atomic E-state index is 1.02. The summed E-state index contributed by atoms with van der Waals surface area (Å²) in [6, 6.07) is 3.98. The molecule has 1 rings (SSSR count). The van der Waals surface area contributed by atoms with Crippen molar-refractivity contribution in [1.82, 2.24) is 10.3 Å². The van der Waals surface area contributed by atoms with E-state index in [9.17, 15) is 0 Å². The van der Waals surface area contributed by atoms with E-state index < -0.39 is 0 Å². The van der Waals surface area contributed by atoms with Gasteiger partial charge in [0.2, 0.25) is 0 Å². The van der Waals surface area contributed by atoms with Crippen molar-refractivity contribution in [1.29, 1.82) is 0 Å². The maximum atomic E-state index is 4.19. The third-order valence-electron chi connectivity index (χ3n) is 1.46. The monoisotopic (exact) mass is 148 g/mol. The summed E-state index contributed by atoms with van der Waals surface area (Å²) < 4.78 is 0. The largest absolute Gasteiger partial charge is 0.394 e. The number of hydrogen-bond donors (Lipinski definition) is 1. The van der Waals surface area contributed by atoms with E-state index in [1.54, 1.807) is 6.20 Å². The summed E-state index contributed by atoms with van der Waals surface area (Å²) >= 11 is 0. The molecule has 0 saturated carbocycles. The number of aromatic nitrogens is 1. The molecule has 1 heterocycles. The molecule has 2 nitrogen and oxygen atoms in total. The van der Waals surface area contributed by atoms with Crippen LogP contribution >= 0.6 is 0 Å². The van der Waals surface area contributed by atoms with Crippen LogP contribution in [0.4, 0.5) is 0 Å². The zero-order valence-corrected chi connectivity index (χ0v) is 6.83. The van der Waals surface area contributed by atoms with E-state index in [1.807, 2.05) is 38.4 Å². The number of hydrogen-bond acceptors (Lipinski definition) is 2. The minimum absolute atomic E-state index is 1.02. The summed E-state index contributed by atoms with van der Waals surface area (Å²) in [7, 11) is 1.87. The van der Waals surface area contributed by atoms with Crippen molar-refractivity contribution in [2.24, 2.45) is 0 Å². The molecule has 0 bridgehead atoms. The molecular formula is C9H12N2. The first-order chi connectivity index (χ1) is 5.34. The summed E-state index contributed by atoms with van der Waals surface area (Å²) in [6.45, 7) is 2.04. The average Bonchev–Trinajstić information content (AvgIpc) is 2.03. The normalized spacial score (nSPS) is 10.4. The van der Waals surface area contributed by atoms with E-state index in [4.69, 9.17) is 0 Å². The molecule has 11 heavy (non-hydrogen) atoms. The topological polar surface area (TPSA) is 24.9 Å². The van der Waals surface area contributed by atoms with Crippen LogP contribution in [-0.4, -0.2) is 12.0 Å². The molecule has 2 heteroatoms. The second-order valence-electron chi connectivity index (χ2n) is 2.33. The van der Waals surface area contributed by atoms with Gasteiger partial charge in [0.05, 0.1) is 5.69 Å². The fraction of sp³-hybridized carbons (Fsp3) is 0.222. The van der Waals surface area contributed by atoms with Crippen molar-refractivity contribution in [3.05, 3.63) is 35.8 Å². The zero-order valence-electron chi connectivity index (χ0n) is 6.83. The van der Waals surface area contributed by atoms with Crippen molar-refractivity contribution in [3.63, 3.8) is 0 Å².